The van der Waals surface area contributed by atoms with Crippen molar-refractivity contribution < 1.29 is 32.3 Å². The number of ether oxygens (including phenoxy) is 3. The molecule has 2 aliphatic heterocycles. The summed E-state index contributed by atoms with van der Waals surface area (Å²) in [5.41, 5.74) is 4.04. The number of rotatable bonds is 9. The maximum absolute atomic E-state index is 12.4. The summed E-state index contributed by atoms with van der Waals surface area (Å²) in [6.45, 7) is 5.32. The molecule has 0 bridgehead atoms. The minimum absolute atomic E-state index is 0.222. The van der Waals surface area contributed by atoms with Crippen LogP contribution in [0.2, 0.25) is 0 Å². The second-order valence-corrected chi connectivity index (χ2v) is 10.7. The molecular weight excluding hydrogens is 579 g/mol. The third kappa shape index (κ3) is 7.22. The van der Waals surface area contributed by atoms with E-state index in [1.807, 2.05) is 36.4 Å². The summed E-state index contributed by atoms with van der Waals surface area (Å²) < 4.78 is 54.5. The van der Waals surface area contributed by atoms with E-state index in [9.17, 15) is 23.3 Å². The van der Waals surface area contributed by atoms with Crippen LogP contribution in [0.15, 0.2) is 79.0 Å². The molecule has 0 amide bonds. The zero-order valence-corrected chi connectivity index (χ0v) is 23.7. The Balaban J connectivity index is 0.944. The van der Waals surface area contributed by atoms with Gasteiger partial charge in [-0.05, 0) is 58.0 Å². The van der Waals surface area contributed by atoms with Crippen LogP contribution < -0.4 is 19.1 Å². The van der Waals surface area contributed by atoms with E-state index in [2.05, 4.69) is 31.7 Å². The summed E-state index contributed by atoms with van der Waals surface area (Å²) in [5, 5.41) is 10.9. The molecule has 1 atom stereocenters. The second-order valence-electron chi connectivity index (χ2n) is 10.7. The van der Waals surface area contributed by atoms with Crippen molar-refractivity contribution in [3.8, 4) is 28.6 Å². The summed E-state index contributed by atoms with van der Waals surface area (Å²) in [7, 11) is 0. The van der Waals surface area contributed by atoms with Crippen LogP contribution in [0, 0.1) is 10.1 Å². The van der Waals surface area contributed by atoms with Gasteiger partial charge in [0, 0.05) is 56.4 Å². The fourth-order valence-electron chi connectivity index (χ4n) is 5.35. The highest BCUT2D eigenvalue weighted by molar-refractivity contribution is 5.64. The zero-order valence-electron chi connectivity index (χ0n) is 23.7. The van der Waals surface area contributed by atoms with Gasteiger partial charge in [0.25, 0.3) is 0 Å². The summed E-state index contributed by atoms with van der Waals surface area (Å²) >= 11 is 0. The summed E-state index contributed by atoms with van der Waals surface area (Å²) in [4.78, 5) is 19.1. The number of fused-ring (bicyclic) bond motifs is 1. The molecule has 0 radical (unpaired) electrons. The van der Waals surface area contributed by atoms with Crippen molar-refractivity contribution >= 4 is 11.5 Å². The predicted molar refractivity (Wildman–Crippen MR) is 156 cm³/mol. The Morgan fingerprint density at radius 3 is 2.16 bits per heavy atom. The van der Waals surface area contributed by atoms with Gasteiger partial charge in [-0.15, -0.1) is 13.2 Å². The van der Waals surface area contributed by atoms with E-state index in [1.54, 1.807) is 16.7 Å². The Kier molecular flexibility index (Phi) is 8.29. The number of nitro groups is 1. The fourth-order valence-corrected chi connectivity index (χ4v) is 5.35. The number of aromatic nitrogens is 2. The normalized spacial score (nSPS) is 17.1. The van der Waals surface area contributed by atoms with Crippen LogP contribution >= 0.6 is 0 Å². The van der Waals surface area contributed by atoms with Crippen molar-refractivity contribution in [3.05, 3.63) is 94.7 Å². The van der Waals surface area contributed by atoms with Crippen molar-refractivity contribution in [2.24, 2.45) is 0 Å². The first-order valence-electron chi connectivity index (χ1n) is 14.2. The van der Waals surface area contributed by atoms with Crippen LogP contribution in [-0.4, -0.2) is 64.6 Å². The molecule has 6 rings (SSSR count). The number of alkyl halides is 3. The number of halogens is 3. The minimum atomic E-state index is -4.70. The van der Waals surface area contributed by atoms with Gasteiger partial charge in [-0.2, -0.15) is 0 Å². The Bertz CT molecular complexity index is 1570. The lowest BCUT2D eigenvalue weighted by Gasteiger charge is -2.36. The maximum Gasteiger partial charge on any atom is 0.573 e. The largest absolute Gasteiger partial charge is 0.573 e. The molecule has 13 heteroatoms. The van der Waals surface area contributed by atoms with Crippen molar-refractivity contribution in [2.75, 3.05) is 37.7 Å². The van der Waals surface area contributed by atoms with Gasteiger partial charge in [0.15, 0.2) is 0 Å². The van der Waals surface area contributed by atoms with Crippen LogP contribution in [0.25, 0.3) is 11.1 Å². The molecule has 0 aliphatic carbocycles. The van der Waals surface area contributed by atoms with E-state index < -0.39 is 11.3 Å². The van der Waals surface area contributed by atoms with E-state index >= 15 is 0 Å². The molecule has 230 valence electrons. The van der Waals surface area contributed by atoms with E-state index in [0.29, 0.717) is 19.6 Å². The zero-order chi connectivity index (χ0) is 30.7. The maximum atomic E-state index is 12.4. The Labute approximate surface area is 251 Å². The molecule has 0 spiro atoms. The van der Waals surface area contributed by atoms with Gasteiger partial charge in [-0.25, -0.2) is 0 Å². The second kappa shape index (κ2) is 12.4. The van der Waals surface area contributed by atoms with E-state index in [-0.39, 0.29) is 23.7 Å². The molecule has 1 aromatic heterocycles. The molecule has 4 aromatic rings. The Morgan fingerprint density at radius 1 is 0.886 bits per heavy atom. The SMILES string of the molecule is O=[N+]([O-])c1cn2c(n1)OC(COc1ccc(N3CCN(Cc4ccc(-c5ccc(OC(F)(F)F)cc5)cc4)CC3)cc1)CC2. The van der Waals surface area contributed by atoms with Crippen molar-refractivity contribution in [1.29, 1.82) is 0 Å². The van der Waals surface area contributed by atoms with Gasteiger partial charge in [-0.3, -0.25) is 9.47 Å². The van der Waals surface area contributed by atoms with Crippen LogP contribution in [0.4, 0.5) is 24.7 Å². The molecular formula is C31H30F3N5O5. The third-order valence-electron chi connectivity index (χ3n) is 7.67. The highest BCUT2D eigenvalue weighted by atomic mass is 19.4. The molecule has 3 heterocycles. The van der Waals surface area contributed by atoms with E-state index in [0.717, 1.165) is 55.3 Å². The van der Waals surface area contributed by atoms with E-state index in [1.165, 1.54) is 23.9 Å². The number of aryl methyl sites for hydroxylation is 1. The summed E-state index contributed by atoms with van der Waals surface area (Å²) in [5.74, 6) is 0.268. The van der Waals surface area contributed by atoms with Crippen molar-refractivity contribution in [3.63, 3.8) is 0 Å². The lowest BCUT2D eigenvalue weighted by molar-refractivity contribution is -0.389. The molecule has 1 unspecified atom stereocenters. The lowest BCUT2D eigenvalue weighted by atomic mass is 10.0. The molecule has 3 aromatic carbocycles. The van der Waals surface area contributed by atoms with Crippen LogP contribution in [0.3, 0.4) is 0 Å². The number of nitrogens with zero attached hydrogens (tertiary/aromatic N) is 5. The molecule has 0 saturated carbocycles. The topological polar surface area (TPSA) is 95.1 Å². The summed E-state index contributed by atoms with van der Waals surface area (Å²) in [6.07, 6.45) is -2.88. The van der Waals surface area contributed by atoms with Gasteiger partial charge in [-0.1, -0.05) is 36.4 Å². The smallest absolute Gasteiger partial charge is 0.490 e. The number of anilines is 1. The molecule has 2 aliphatic rings. The molecule has 44 heavy (non-hydrogen) atoms. The first kappa shape index (κ1) is 29.3. The summed E-state index contributed by atoms with van der Waals surface area (Å²) in [6, 6.07) is 22.2. The highest BCUT2D eigenvalue weighted by Gasteiger charge is 2.31. The van der Waals surface area contributed by atoms with E-state index in [4.69, 9.17) is 9.47 Å². The number of hydrogen-bond donors (Lipinski definition) is 0. The minimum Gasteiger partial charge on any atom is -0.490 e. The molecule has 10 nitrogen and oxygen atoms in total. The van der Waals surface area contributed by atoms with Crippen LogP contribution in [-0.2, 0) is 13.1 Å². The Morgan fingerprint density at radius 2 is 1.52 bits per heavy atom. The standard InChI is InChI=1S/C31H30F3N5O5/c32-31(33,34)44-27-9-5-24(6-10-27)23-3-1-22(2-4-23)19-36-15-17-37(18-16-36)25-7-11-26(12-8-25)42-21-28-13-14-38-20-29(39(40)41)35-30(38)43-28/h1-12,20,28H,13-19,21H2. The monoisotopic (exact) mass is 609 g/mol. The predicted octanol–water partition coefficient (Wildman–Crippen LogP) is 5.91. The molecule has 0 N–H and O–H groups in total. The van der Waals surface area contributed by atoms with Gasteiger partial charge < -0.3 is 29.2 Å². The van der Waals surface area contributed by atoms with Crippen molar-refractivity contribution in [2.45, 2.75) is 32.0 Å². The first-order valence-corrected chi connectivity index (χ1v) is 14.2. The number of hydrogen-bond acceptors (Lipinski definition) is 8. The third-order valence-corrected chi connectivity index (χ3v) is 7.67. The number of piperazine rings is 1. The lowest BCUT2D eigenvalue weighted by Crippen LogP contribution is -2.45. The molecule has 1 saturated heterocycles. The van der Waals surface area contributed by atoms with Crippen LogP contribution in [0.5, 0.6) is 17.5 Å². The number of imidazole rings is 1. The molecule has 1 fully saturated rings. The van der Waals surface area contributed by atoms with Gasteiger partial charge in [0.2, 0.25) is 0 Å². The van der Waals surface area contributed by atoms with Crippen LogP contribution in [0.1, 0.15) is 12.0 Å². The van der Waals surface area contributed by atoms with Gasteiger partial charge in [0.1, 0.15) is 30.4 Å². The quantitative estimate of drug-likeness (QED) is 0.171. The Hall–Kier alpha value is -4.78. The number of benzene rings is 3. The fraction of sp³-hybridized carbons (Fsp3) is 0.323. The van der Waals surface area contributed by atoms with Gasteiger partial charge >= 0.3 is 18.2 Å². The first-order chi connectivity index (χ1) is 21.2. The average Bonchev–Trinajstić information content (AvgIpc) is 3.45. The van der Waals surface area contributed by atoms with Gasteiger partial charge in [0.05, 0.1) is 0 Å². The highest BCUT2D eigenvalue weighted by Crippen LogP contribution is 2.28. The average molecular weight is 610 g/mol. The van der Waals surface area contributed by atoms with Crippen molar-refractivity contribution in [1.82, 2.24) is 14.5 Å².